The van der Waals surface area contributed by atoms with E-state index in [1.165, 1.54) is 0 Å². The second kappa shape index (κ2) is 5.11. The molecule has 0 unspecified atom stereocenters. The molecule has 0 heterocycles. The summed E-state index contributed by atoms with van der Waals surface area (Å²) >= 11 is 5.44. The molecule has 0 saturated carbocycles. The molecule has 1 aromatic rings. The van der Waals surface area contributed by atoms with E-state index in [2.05, 4.69) is 38.5 Å². The fourth-order valence-corrected chi connectivity index (χ4v) is 2.78. The van der Waals surface area contributed by atoms with Crippen molar-refractivity contribution >= 4 is 54.7 Å². The zero-order valence-corrected chi connectivity index (χ0v) is 12.8. The Hall–Kier alpha value is 0.117. The Bertz CT molecular complexity index is 310. The van der Waals surface area contributed by atoms with Gasteiger partial charge in [0.2, 0.25) is 0 Å². The van der Waals surface area contributed by atoms with Gasteiger partial charge in [0.25, 0.3) is 0 Å². The summed E-state index contributed by atoms with van der Waals surface area (Å²) < 4.78 is 6.68. The van der Waals surface area contributed by atoms with Gasteiger partial charge in [-0.25, -0.2) is 4.79 Å². The van der Waals surface area contributed by atoms with Crippen LogP contribution in [0.5, 0.6) is 0 Å². The van der Waals surface area contributed by atoms with Gasteiger partial charge in [-0.1, -0.05) is 6.07 Å². The fourth-order valence-electron chi connectivity index (χ4n) is 0.896. The largest absolute Gasteiger partial charge is 0.467 e. The van der Waals surface area contributed by atoms with Gasteiger partial charge >= 0.3 is 5.97 Å². The Morgan fingerprint density at radius 1 is 1.62 bits per heavy atom. The molecule has 1 rings (SSSR count). The number of benzene rings is 1. The summed E-state index contributed by atoms with van der Waals surface area (Å²) in [5, 5.41) is 0. The predicted octanol–water partition coefficient (Wildman–Crippen LogP) is 1.53. The van der Waals surface area contributed by atoms with Crippen molar-refractivity contribution in [3.8, 4) is 0 Å². The minimum Gasteiger partial charge on any atom is -0.467 e. The van der Waals surface area contributed by atoms with Crippen molar-refractivity contribution in [2.24, 2.45) is 0 Å². The highest BCUT2D eigenvalue weighted by atomic mass is 127. The summed E-state index contributed by atoms with van der Waals surface area (Å²) in [7, 11) is 0.873. The number of carbonyl (C=O) groups excluding carboxylic acids is 1. The minimum atomic E-state index is -0.244. The summed E-state index contributed by atoms with van der Waals surface area (Å²) in [6.07, 6.45) is 0.538. The van der Waals surface area contributed by atoms with Crippen LogP contribution >= 0.6 is 38.5 Å². The molecule has 0 N–H and O–H groups in total. The molecule has 0 aromatic heterocycles. The monoisotopic (exact) mass is 370 g/mol. The maximum Gasteiger partial charge on any atom is 0.340 e. The van der Waals surface area contributed by atoms with Crippen LogP contribution in [0, 0.1) is 3.57 Å². The fraction of sp³-hybridized carbons (Fsp3) is 0.125. The molecule has 1 aromatic carbocycles. The van der Waals surface area contributed by atoms with Crippen molar-refractivity contribution in [3.05, 3.63) is 31.8 Å². The average Bonchev–Trinajstić information content (AvgIpc) is 2.04. The minimum absolute atomic E-state index is 0.244. The highest BCUT2D eigenvalue weighted by Gasteiger charge is 2.13. The van der Waals surface area contributed by atoms with Crippen molar-refractivity contribution < 1.29 is 9.53 Å². The summed E-state index contributed by atoms with van der Waals surface area (Å²) in [4.78, 5) is 11.5. The Morgan fingerprint density at radius 2 is 2.31 bits per heavy atom. The standard InChI is InChI=1S/C8H8BrIO2Si/c9-5-2-1-3-6(10)7(5)8(11)12-4-13/h1-3H,4H2,13H3. The number of carbonyl (C=O) groups is 1. The number of hydrogen-bond acceptors (Lipinski definition) is 2. The van der Waals surface area contributed by atoms with Crippen LogP contribution in [0.2, 0.25) is 0 Å². The summed E-state index contributed by atoms with van der Waals surface area (Å²) in [6, 6.07) is 5.62. The first-order valence-electron chi connectivity index (χ1n) is 3.78. The van der Waals surface area contributed by atoms with Crippen LogP contribution in [0.25, 0.3) is 0 Å². The molecule has 0 fully saturated rings. The molecular formula is C8H8BrIO2Si. The smallest absolute Gasteiger partial charge is 0.340 e. The average molecular weight is 371 g/mol. The van der Waals surface area contributed by atoms with E-state index in [0.717, 1.165) is 18.3 Å². The quantitative estimate of drug-likeness (QED) is 0.448. The maximum absolute atomic E-state index is 11.5. The molecule has 13 heavy (non-hydrogen) atoms. The number of halogens is 2. The molecule has 2 nitrogen and oxygen atoms in total. The first-order chi connectivity index (χ1) is 6.16. The van der Waals surface area contributed by atoms with Crippen LogP contribution in [0.1, 0.15) is 10.4 Å². The van der Waals surface area contributed by atoms with Crippen LogP contribution in [-0.2, 0) is 4.74 Å². The summed E-state index contributed by atoms with van der Waals surface area (Å²) in [5.41, 5.74) is 0.624. The van der Waals surface area contributed by atoms with Gasteiger partial charge in [0.1, 0.15) is 0 Å². The van der Waals surface area contributed by atoms with E-state index >= 15 is 0 Å². The maximum atomic E-state index is 11.5. The second-order valence-corrected chi connectivity index (χ2v) is 4.91. The lowest BCUT2D eigenvalue weighted by Crippen LogP contribution is -2.08. The lowest BCUT2D eigenvalue weighted by molar-refractivity contribution is 0.0571. The van der Waals surface area contributed by atoms with E-state index in [-0.39, 0.29) is 5.97 Å². The van der Waals surface area contributed by atoms with Crippen molar-refractivity contribution in [1.82, 2.24) is 0 Å². The molecule has 0 spiro atoms. The Kier molecular flexibility index (Phi) is 4.40. The normalized spacial score (nSPS) is 10.0. The van der Waals surface area contributed by atoms with Crippen LogP contribution in [0.4, 0.5) is 0 Å². The van der Waals surface area contributed by atoms with E-state index < -0.39 is 0 Å². The molecule has 0 amide bonds. The topological polar surface area (TPSA) is 26.3 Å². The predicted molar refractivity (Wildman–Crippen MR) is 67.1 cm³/mol. The zero-order valence-electron chi connectivity index (χ0n) is 7.01. The van der Waals surface area contributed by atoms with Crippen molar-refractivity contribution in [2.45, 2.75) is 0 Å². The highest BCUT2D eigenvalue weighted by Crippen LogP contribution is 2.22. The van der Waals surface area contributed by atoms with Gasteiger partial charge in [0.15, 0.2) is 0 Å². The van der Waals surface area contributed by atoms with E-state index in [0.29, 0.717) is 11.8 Å². The molecule has 0 bridgehead atoms. The van der Waals surface area contributed by atoms with E-state index in [1.807, 2.05) is 18.2 Å². The molecule has 0 radical (unpaired) electrons. The van der Waals surface area contributed by atoms with Crippen LogP contribution in [0.3, 0.4) is 0 Å². The Balaban J connectivity index is 3.05. The van der Waals surface area contributed by atoms with Gasteiger partial charge in [-0.2, -0.15) is 0 Å². The van der Waals surface area contributed by atoms with Crippen molar-refractivity contribution in [3.63, 3.8) is 0 Å². The Morgan fingerprint density at radius 3 is 2.85 bits per heavy atom. The molecule has 0 saturated heterocycles. The van der Waals surface area contributed by atoms with Gasteiger partial charge in [-0.05, 0) is 50.7 Å². The molecule has 0 atom stereocenters. The molecule has 5 heteroatoms. The second-order valence-electron chi connectivity index (χ2n) is 2.32. The SMILES string of the molecule is O=C(OC[SiH3])c1c(Br)cccc1I. The highest BCUT2D eigenvalue weighted by molar-refractivity contribution is 14.1. The van der Waals surface area contributed by atoms with E-state index in [1.54, 1.807) is 0 Å². The Labute approximate surface area is 102 Å². The molecule has 0 aliphatic rings. The summed E-state index contributed by atoms with van der Waals surface area (Å²) in [6.45, 7) is 0. The van der Waals surface area contributed by atoms with Crippen LogP contribution in [0.15, 0.2) is 22.7 Å². The van der Waals surface area contributed by atoms with E-state index in [9.17, 15) is 4.79 Å². The lowest BCUT2D eigenvalue weighted by atomic mass is 10.2. The van der Waals surface area contributed by atoms with Gasteiger partial charge < -0.3 is 4.74 Å². The first-order valence-corrected chi connectivity index (χ1v) is 7.06. The zero-order chi connectivity index (χ0) is 9.84. The third-order valence-corrected chi connectivity index (χ3v) is 3.29. The van der Waals surface area contributed by atoms with Gasteiger partial charge in [-0.3, -0.25) is 0 Å². The van der Waals surface area contributed by atoms with Crippen molar-refractivity contribution in [1.29, 1.82) is 0 Å². The number of esters is 1. The third kappa shape index (κ3) is 2.78. The summed E-state index contributed by atoms with van der Waals surface area (Å²) in [5.74, 6) is -0.244. The molecule has 0 aliphatic carbocycles. The van der Waals surface area contributed by atoms with Crippen LogP contribution in [-0.4, -0.2) is 22.4 Å². The molecule has 0 aliphatic heterocycles. The number of rotatable bonds is 2. The molecular weight excluding hydrogens is 363 g/mol. The van der Waals surface area contributed by atoms with Crippen molar-refractivity contribution in [2.75, 3.05) is 6.23 Å². The molecule has 70 valence electrons. The van der Waals surface area contributed by atoms with Gasteiger partial charge in [-0.15, -0.1) is 0 Å². The first kappa shape index (κ1) is 11.2. The van der Waals surface area contributed by atoms with Gasteiger partial charge in [0.05, 0.1) is 22.0 Å². The van der Waals surface area contributed by atoms with Gasteiger partial charge in [0, 0.05) is 8.04 Å². The lowest BCUT2D eigenvalue weighted by Gasteiger charge is -2.05. The number of hydrogen-bond donors (Lipinski definition) is 0. The third-order valence-electron chi connectivity index (χ3n) is 1.44. The number of ether oxygens (including phenoxy) is 1. The van der Waals surface area contributed by atoms with Crippen LogP contribution < -0.4 is 0 Å². The van der Waals surface area contributed by atoms with E-state index in [4.69, 9.17) is 4.74 Å².